The SMILES string of the molecule is CCn1c(=O)n(CC(=O)N2CCC(N(C)S(C)(=O)=O)CC2)c2ccccc21. The van der Waals surface area contributed by atoms with Gasteiger partial charge in [-0.2, -0.15) is 0 Å². The number of carbonyl (C=O) groups excluding carboxylic acids is 1. The molecule has 1 aromatic carbocycles. The number of rotatable bonds is 5. The van der Waals surface area contributed by atoms with Crippen LogP contribution in [0.15, 0.2) is 29.1 Å². The highest BCUT2D eigenvalue weighted by molar-refractivity contribution is 7.88. The molecule has 1 fully saturated rings. The number of carbonyl (C=O) groups is 1. The van der Waals surface area contributed by atoms with Crippen molar-refractivity contribution in [1.82, 2.24) is 18.3 Å². The second-order valence-electron chi connectivity index (χ2n) is 6.99. The van der Waals surface area contributed by atoms with Crippen LogP contribution in [0.3, 0.4) is 0 Å². The topological polar surface area (TPSA) is 84.6 Å². The molecule has 8 nitrogen and oxygen atoms in total. The minimum atomic E-state index is -3.24. The summed E-state index contributed by atoms with van der Waals surface area (Å²) < 4.78 is 27.9. The van der Waals surface area contributed by atoms with Crippen molar-refractivity contribution in [2.45, 2.75) is 38.9 Å². The van der Waals surface area contributed by atoms with Gasteiger partial charge in [0.25, 0.3) is 0 Å². The van der Waals surface area contributed by atoms with Crippen molar-refractivity contribution in [2.24, 2.45) is 0 Å². The molecule has 0 spiro atoms. The molecule has 148 valence electrons. The second kappa shape index (κ2) is 7.47. The summed E-state index contributed by atoms with van der Waals surface area (Å²) in [5, 5.41) is 0. The number of benzene rings is 1. The molecule has 2 heterocycles. The lowest BCUT2D eigenvalue weighted by Crippen LogP contribution is -2.48. The second-order valence-corrected chi connectivity index (χ2v) is 9.03. The smallest absolute Gasteiger partial charge is 0.329 e. The Bertz CT molecular complexity index is 1000. The first-order valence-electron chi connectivity index (χ1n) is 9.13. The molecule has 0 saturated carbocycles. The number of aromatic nitrogens is 2. The molecule has 1 aliphatic heterocycles. The first-order chi connectivity index (χ1) is 12.7. The predicted molar refractivity (Wildman–Crippen MR) is 104 cm³/mol. The number of fused-ring (bicyclic) bond motifs is 1. The highest BCUT2D eigenvalue weighted by Crippen LogP contribution is 2.18. The van der Waals surface area contributed by atoms with E-state index in [-0.39, 0.29) is 24.2 Å². The predicted octanol–water partition coefficient (Wildman–Crippen LogP) is 0.705. The number of likely N-dealkylation sites (tertiary alicyclic amines) is 1. The number of amides is 1. The monoisotopic (exact) mass is 394 g/mol. The maximum Gasteiger partial charge on any atom is 0.329 e. The Morgan fingerprint density at radius 2 is 1.70 bits per heavy atom. The molecule has 1 saturated heterocycles. The zero-order chi connectivity index (χ0) is 19.8. The minimum Gasteiger partial charge on any atom is -0.341 e. The van der Waals surface area contributed by atoms with Gasteiger partial charge in [-0.1, -0.05) is 12.1 Å². The average molecular weight is 394 g/mol. The molecule has 0 radical (unpaired) electrons. The number of imidazole rings is 1. The van der Waals surface area contributed by atoms with Gasteiger partial charge in [0, 0.05) is 32.7 Å². The van der Waals surface area contributed by atoms with Crippen molar-refractivity contribution >= 4 is 27.0 Å². The molecule has 1 amide bonds. The summed E-state index contributed by atoms with van der Waals surface area (Å²) in [5.74, 6) is -0.114. The third-order valence-electron chi connectivity index (χ3n) is 5.39. The van der Waals surface area contributed by atoms with E-state index >= 15 is 0 Å². The van der Waals surface area contributed by atoms with Crippen molar-refractivity contribution in [3.05, 3.63) is 34.7 Å². The Labute approximate surface area is 159 Å². The quantitative estimate of drug-likeness (QED) is 0.747. The fourth-order valence-electron chi connectivity index (χ4n) is 3.72. The summed E-state index contributed by atoms with van der Waals surface area (Å²) in [6.45, 7) is 3.43. The Morgan fingerprint density at radius 3 is 2.22 bits per heavy atom. The molecule has 0 bridgehead atoms. The van der Waals surface area contributed by atoms with Gasteiger partial charge in [-0.05, 0) is 31.9 Å². The molecular weight excluding hydrogens is 368 g/mol. The maximum atomic E-state index is 12.8. The van der Waals surface area contributed by atoms with Gasteiger partial charge in [-0.25, -0.2) is 17.5 Å². The molecule has 0 unspecified atom stereocenters. The van der Waals surface area contributed by atoms with E-state index in [1.165, 1.54) is 15.1 Å². The normalized spacial score (nSPS) is 16.4. The van der Waals surface area contributed by atoms with Crippen molar-refractivity contribution in [3.63, 3.8) is 0 Å². The lowest BCUT2D eigenvalue weighted by molar-refractivity contribution is -0.133. The van der Waals surface area contributed by atoms with E-state index in [9.17, 15) is 18.0 Å². The highest BCUT2D eigenvalue weighted by Gasteiger charge is 2.29. The van der Waals surface area contributed by atoms with Gasteiger partial charge in [-0.15, -0.1) is 0 Å². The molecule has 1 aliphatic rings. The van der Waals surface area contributed by atoms with Crippen LogP contribution in [-0.4, -0.2) is 65.1 Å². The van der Waals surface area contributed by atoms with Gasteiger partial charge in [0.2, 0.25) is 15.9 Å². The fourth-order valence-corrected chi connectivity index (χ4v) is 4.47. The zero-order valence-electron chi connectivity index (χ0n) is 16.0. The molecule has 2 aromatic rings. The fraction of sp³-hybridized carbons (Fsp3) is 0.556. The molecular formula is C18H26N4O4S. The average Bonchev–Trinajstić information content (AvgIpc) is 2.91. The Kier molecular flexibility index (Phi) is 5.43. The van der Waals surface area contributed by atoms with E-state index in [1.54, 1.807) is 16.5 Å². The number of hydrogen-bond donors (Lipinski definition) is 0. The summed E-state index contributed by atoms with van der Waals surface area (Å²) >= 11 is 0. The molecule has 3 rings (SSSR count). The number of piperidine rings is 1. The molecule has 1 aromatic heterocycles. The first-order valence-corrected chi connectivity index (χ1v) is 11.0. The van der Waals surface area contributed by atoms with Gasteiger partial charge >= 0.3 is 5.69 Å². The van der Waals surface area contributed by atoms with Gasteiger partial charge in [-0.3, -0.25) is 13.9 Å². The third-order valence-corrected chi connectivity index (χ3v) is 6.73. The molecule has 0 atom stereocenters. The maximum absolute atomic E-state index is 12.8. The number of nitrogens with zero attached hydrogens (tertiary/aromatic N) is 4. The molecule has 0 aliphatic carbocycles. The van der Waals surface area contributed by atoms with E-state index in [0.717, 1.165) is 11.0 Å². The first kappa shape index (κ1) is 19.6. The van der Waals surface area contributed by atoms with E-state index < -0.39 is 10.0 Å². The van der Waals surface area contributed by atoms with Gasteiger partial charge in [0.05, 0.1) is 17.3 Å². The van der Waals surface area contributed by atoms with Crippen molar-refractivity contribution < 1.29 is 13.2 Å². The largest absolute Gasteiger partial charge is 0.341 e. The molecule has 0 N–H and O–H groups in total. The van der Waals surface area contributed by atoms with Crippen LogP contribution in [0.5, 0.6) is 0 Å². The van der Waals surface area contributed by atoms with Crippen LogP contribution < -0.4 is 5.69 Å². The van der Waals surface area contributed by atoms with Crippen LogP contribution in [0.4, 0.5) is 0 Å². The molecule has 27 heavy (non-hydrogen) atoms. The van der Waals surface area contributed by atoms with E-state index in [1.807, 2.05) is 31.2 Å². The highest BCUT2D eigenvalue weighted by atomic mass is 32.2. The Morgan fingerprint density at radius 1 is 1.15 bits per heavy atom. The van der Waals surface area contributed by atoms with E-state index in [2.05, 4.69) is 0 Å². The lowest BCUT2D eigenvalue weighted by Gasteiger charge is -2.35. The summed E-state index contributed by atoms with van der Waals surface area (Å²) in [7, 11) is -1.66. The number of hydrogen-bond acceptors (Lipinski definition) is 4. The van der Waals surface area contributed by atoms with Crippen LogP contribution in [0, 0.1) is 0 Å². The van der Waals surface area contributed by atoms with Gasteiger partial charge < -0.3 is 4.90 Å². The molecule has 9 heteroatoms. The lowest BCUT2D eigenvalue weighted by atomic mass is 10.1. The number of para-hydroxylation sites is 2. The van der Waals surface area contributed by atoms with Gasteiger partial charge in [0.15, 0.2) is 0 Å². The number of aryl methyl sites for hydroxylation is 1. The van der Waals surface area contributed by atoms with E-state index in [0.29, 0.717) is 32.5 Å². The minimum absolute atomic E-state index is 0.00106. The van der Waals surface area contributed by atoms with Crippen molar-refractivity contribution in [1.29, 1.82) is 0 Å². The Balaban J connectivity index is 1.74. The third kappa shape index (κ3) is 3.79. The number of sulfonamides is 1. The van der Waals surface area contributed by atoms with Crippen LogP contribution in [0.25, 0.3) is 11.0 Å². The Hall–Kier alpha value is -2.13. The summed E-state index contributed by atoms with van der Waals surface area (Å²) in [4.78, 5) is 27.2. The van der Waals surface area contributed by atoms with E-state index in [4.69, 9.17) is 0 Å². The van der Waals surface area contributed by atoms with Crippen LogP contribution >= 0.6 is 0 Å². The van der Waals surface area contributed by atoms with Crippen molar-refractivity contribution in [3.8, 4) is 0 Å². The van der Waals surface area contributed by atoms with Crippen LogP contribution in [0.2, 0.25) is 0 Å². The summed E-state index contributed by atoms with van der Waals surface area (Å²) in [5.41, 5.74) is 1.40. The van der Waals surface area contributed by atoms with Gasteiger partial charge in [0.1, 0.15) is 6.54 Å². The van der Waals surface area contributed by atoms with Crippen molar-refractivity contribution in [2.75, 3.05) is 26.4 Å². The standard InChI is InChI=1S/C18H26N4O4S/c1-4-21-15-7-5-6-8-16(15)22(18(21)24)13-17(23)20-11-9-14(10-12-20)19(2)27(3,25)26/h5-8,14H,4,9-13H2,1-3H3. The van der Waals surface area contributed by atoms with Crippen LogP contribution in [0.1, 0.15) is 19.8 Å². The zero-order valence-corrected chi connectivity index (χ0v) is 16.8. The van der Waals surface area contributed by atoms with Crippen LogP contribution in [-0.2, 0) is 27.9 Å². The summed E-state index contributed by atoms with van der Waals surface area (Å²) in [6, 6.07) is 7.38. The summed E-state index contributed by atoms with van der Waals surface area (Å²) in [6.07, 6.45) is 2.39.